The maximum Gasteiger partial charge on any atom is 0.0585 e. The molecule has 64 valence electrons. The van der Waals surface area contributed by atoms with Crippen LogP contribution in [0.4, 0.5) is 0 Å². The molecule has 1 N–H and O–H groups in total. The van der Waals surface area contributed by atoms with E-state index in [2.05, 4.69) is 22.6 Å². The number of hydrogen-bond acceptors (Lipinski definition) is 3. The van der Waals surface area contributed by atoms with Crippen LogP contribution < -0.4 is 5.32 Å². The van der Waals surface area contributed by atoms with Gasteiger partial charge in [0.1, 0.15) is 0 Å². The van der Waals surface area contributed by atoms with E-state index in [1.54, 1.807) is 0 Å². The third-order valence-corrected chi connectivity index (χ3v) is 2.99. The first-order chi connectivity index (χ1) is 5.92. The zero-order chi connectivity index (χ0) is 8.39. The molecular formula is C9H12N2S. The molecule has 2 nitrogen and oxygen atoms in total. The zero-order valence-electron chi connectivity index (χ0n) is 7.13. The van der Waals surface area contributed by atoms with Crippen molar-refractivity contribution in [3.63, 3.8) is 0 Å². The predicted molar refractivity (Wildman–Crippen MR) is 51.4 cm³/mol. The third-order valence-electron chi connectivity index (χ3n) is 2.17. The Morgan fingerprint density at radius 2 is 2.50 bits per heavy atom. The summed E-state index contributed by atoms with van der Waals surface area (Å²) < 4.78 is 0. The van der Waals surface area contributed by atoms with Gasteiger partial charge in [-0.2, -0.15) is 0 Å². The van der Waals surface area contributed by atoms with Gasteiger partial charge in [0.2, 0.25) is 0 Å². The van der Waals surface area contributed by atoms with Crippen molar-refractivity contribution in [3.05, 3.63) is 23.5 Å². The molecule has 0 fully saturated rings. The molecule has 12 heavy (non-hydrogen) atoms. The fourth-order valence-corrected chi connectivity index (χ4v) is 2.21. The molecule has 2 rings (SSSR count). The van der Waals surface area contributed by atoms with Crippen molar-refractivity contribution in [2.75, 3.05) is 12.8 Å². The normalized spacial score (nSPS) is 15.8. The van der Waals surface area contributed by atoms with E-state index in [1.165, 1.54) is 16.2 Å². The van der Waals surface area contributed by atoms with Crippen molar-refractivity contribution < 1.29 is 0 Å². The molecule has 0 saturated heterocycles. The molecule has 3 heteroatoms. The van der Waals surface area contributed by atoms with Gasteiger partial charge in [0.25, 0.3) is 0 Å². The lowest BCUT2D eigenvalue weighted by atomic mass is 10.1. The van der Waals surface area contributed by atoms with Gasteiger partial charge in [0.05, 0.1) is 5.69 Å². The average molecular weight is 180 g/mol. The molecule has 2 heterocycles. The molecule has 0 spiro atoms. The molecule has 1 aromatic heterocycles. The Hall–Kier alpha value is -0.540. The Kier molecular flexibility index (Phi) is 2.33. The second-order valence-corrected chi connectivity index (χ2v) is 3.71. The number of aromatic nitrogens is 1. The highest BCUT2D eigenvalue weighted by atomic mass is 32.2. The molecule has 1 aliphatic heterocycles. The van der Waals surface area contributed by atoms with E-state index in [1.807, 2.05) is 18.0 Å². The van der Waals surface area contributed by atoms with E-state index in [0.29, 0.717) is 0 Å². The van der Waals surface area contributed by atoms with E-state index in [9.17, 15) is 0 Å². The maximum atomic E-state index is 4.35. The summed E-state index contributed by atoms with van der Waals surface area (Å²) in [6.45, 7) is 2.02. The van der Waals surface area contributed by atoms with Crippen molar-refractivity contribution in [2.45, 2.75) is 17.9 Å². The summed E-state index contributed by atoms with van der Waals surface area (Å²) in [4.78, 5) is 5.74. The molecule has 0 unspecified atom stereocenters. The second kappa shape index (κ2) is 3.46. The molecule has 0 atom stereocenters. The summed E-state index contributed by atoms with van der Waals surface area (Å²) in [5.74, 6) is 0. The lowest BCUT2D eigenvalue weighted by molar-refractivity contribution is 0.619. The fourth-order valence-electron chi connectivity index (χ4n) is 1.55. The smallest absolute Gasteiger partial charge is 0.0585 e. The van der Waals surface area contributed by atoms with Gasteiger partial charge in [-0.25, -0.2) is 0 Å². The van der Waals surface area contributed by atoms with Gasteiger partial charge < -0.3 is 5.32 Å². The molecule has 0 aromatic carbocycles. The number of nitrogens with one attached hydrogen (secondary N) is 1. The van der Waals surface area contributed by atoms with Gasteiger partial charge in [0.15, 0.2) is 0 Å². The Labute approximate surface area is 76.8 Å². The van der Waals surface area contributed by atoms with E-state index in [4.69, 9.17) is 0 Å². The molecule has 0 aliphatic carbocycles. The average Bonchev–Trinajstić information content (AvgIpc) is 2.17. The molecule has 1 aromatic rings. The van der Waals surface area contributed by atoms with E-state index >= 15 is 0 Å². The summed E-state index contributed by atoms with van der Waals surface area (Å²) in [5, 5.41) is 3.32. The van der Waals surface area contributed by atoms with Crippen molar-refractivity contribution in [2.24, 2.45) is 0 Å². The van der Waals surface area contributed by atoms with Crippen molar-refractivity contribution in [1.29, 1.82) is 0 Å². The second-order valence-electron chi connectivity index (χ2n) is 2.87. The monoisotopic (exact) mass is 180 g/mol. The summed E-state index contributed by atoms with van der Waals surface area (Å²) in [7, 11) is 0. The SMILES string of the molecule is CSc1ccnc2c1CCNC2. The van der Waals surface area contributed by atoms with Crippen LogP contribution in [0, 0.1) is 0 Å². The highest BCUT2D eigenvalue weighted by molar-refractivity contribution is 7.98. The minimum atomic E-state index is 0.934. The minimum absolute atomic E-state index is 0.934. The van der Waals surface area contributed by atoms with Gasteiger partial charge >= 0.3 is 0 Å². The van der Waals surface area contributed by atoms with Crippen molar-refractivity contribution in [1.82, 2.24) is 10.3 Å². The Balaban J connectivity index is 2.44. The molecule has 1 aliphatic rings. The quantitative estimate of drug-likeness (QED) is 0.662. The first-order valence-electron chi connectivity index (χ1n) is 4.13. The summed E-state index contributed by atoms with van der Waals surface area (Å²) in [5.41, 5.74) is 2.68. The fraction of sp³-hybridized carbons (Fsp3) is 0.444. The van der Waals surface area contributed by atoms with Crippen LogP contribution in [0.5, 0.6) is 0 Å². The molecule has 0 bridgehead atoms. The zero-order valence-corrected chi connectivity index (χ0v) is 7.95. The van der Waals surface area contributed by atoms with Crippen LogP contribution in [0.3, 0.4) is 0 Å². The van der Waals surface area contributed by atoms with E-state index < -0.39 is 0 Å². The minimum Gasteiger partial charge on any atom is -0.311 e. The summed E-state index contributed by atoms with van der Waals surface area (Å²) in [6, 6.07) is 2.11. The molecular weight excluding hydrogens is 168 g/mol. The third kappa shape index (κ3) is 1.34. The van der Waals surface area contributed by atoms with Gasteiger partial charge in [-0.05, 0) is 30.9 Å². The molecule has 0 saturated carbocycles. The lowest BCUT2D eigenvalue weighted by Gasteiger charge is -2.17. The van der Waals surface area contributed by atoms with Crippen LogP contribution in [0.1, 0.15) is 11.3 Å². The number of pyridine rings is 1. The Morgan fingerprint density at radius 3 is 3.33 bits per heavy atom. The van der Waals surface area contributed by atoms with Crippen molar-refractivity contribution in [3.8, 4) is 0 Å². The maximum absolute atomic E-state index is 4.35. The van der Waals surface area contributed by atoms with Gasteiger partial charge in [-0.15, -0.1) is 11.8 Å². The van der Waals surface area contributed by atoms with E-state index in [0.717, 1.165) is 19.5 Å². The standard InChI is InChI=1S/C9H12N2S/c1-12-9-3-5-11-8-6-10-4-2-7(8)9/h3,5,10H,2,4,6H2,1H3. The van der Waals surface area contributed by atoms with Crippen LogP contribution in [-0.2, 0) is 13.0 Å². The summed E-state index contributed by atoms with van der Waals surface area (Å²) in [6.07, 6.45) is 5.15. The van der Waals surface area contributed by atoms with Gasteiger partial charge in [-0.1, -0.05) is 0 Å². The van der Waals surface area contributed by atoms with Gasteiger partial charge in [-0.3, -0.25) is 4.98 Å². The number of hydrogen-bond donors (Lipinski definition) is 1. The Bertz CT molecular complexity index is 272. The number of fused-ring (bicyclic) bond motifs is 1. The van der Waals surface area contributed by atoms with Crippen LogP contribution in [0.2, 0.25) is 0 Å². The van der Waals surface area contributed by atoms with E-state index in [-0.39, 0.29) is 0 Å². The predicted octanol–water partition coefficient (Wildman–Crippen LogP) is 1.45. The van der Waals surface area contributed by atoms with Crippen LogP contribution in [-0.4, -0.2) is 17.8 Å². The number of nitrogens with zero attached hydrogens (tertiary/aromatic N) is 1. The highest BCUT2D eigenvalue weighted by Crippen LogP contribution is 2.23. The summed E-state index contributed by atoms with van der Waals surface area (Å²) >= 11 is 1.82. The van der Waals surface area contributed by atoms with Gasteiger partial charge in [0, 0.05) is 17.6 Å². The Morgan fingerprint density at radius 1 is 1.58 bits per heavy atom. The van der Waals surface area contributed by atoms with Crippen LogP contribution in [0.15, 0.2) is 17.2 Å². The lowest BCUT2D eigenvalue weighted by Crippen LogP contribution is -2.25. The highest BCUT2D eigenvalue weighted by Gasteiger charge is 2.12. The number of rotatable bonds is 1. The first-order valence-corrected chi connectivity index (χ1v) is 5.36. The largest absolute Gasteiger partial charge is 0.311 e. The topological polar surface area (TPSA) is 24.9 Å². The van der Waals surface area contributed by atoms with Crippen LogP contribution in [0.25, 0.3) is 0 Å². The number of thioether (sulfide) groups is 1. The van der Waals surface area contributed by atoms with Crippen molar-refractivity contribution >= 4 is 11.8 Å². The molecule has 0 amide bonds. The van der Waals surface area contributed by atoms with Crippen LogP contribution >= 0.6 is 11.8 Å². The first kappa shape index (κ1) is 8.08. The molecule has 0 radical (unpaired) electrons.